The van der Waals surface area contributed by atoms with Gasteiger partial charge in [-0.05, 0) is 43.6 Å². The molecule has 2 fully saturated rings. The first-order chi connectivity index (χ1) is 11.9. The van der Waals surface area contributed by atoms with E-state index >= 15 is 0 Å². The zero-order valence-corrected chi connectivity index (χ0v) is 14.7. The fourth-order valence-electron chi connectivity index (χ4n) is 4.48. The predicted molar refractivity (Wildman–Crippen MR) is 92.7 cm³/mol. The fraction of sp³-hybridized carbons (Fsp3) is 0.842. The van der Waals surface area contributed by atoms with Crippen LogP contribution < -0.4 is 0 Å². The van der Waals surface area contributed by atoms with Gasteiger partial charge in [-0.2, -0.15) is 5.10 Å². The average molecular weight is 333 g/mol. The Labute approximate surface area is 145 Å². The van der Waals surface area contributed by atoms with Gasteiger partial charge in [-0.1, -0.05) is 12.8 Å². The fourth-order valence-corrected chi connectivity index (χ4v) is 4.48. The standard InChI is InChI=1S/C19H31N3O2/c1-2-4-17(3-1)15-24-19-13-21(11-16-6-9-23-10-7-16)12-18-5-8-20-22(18)14-19/h5,8,16-17,19H,1-4,6-7,9-15H2/t19-/m0/s1. The molecule has 0 radical (unpaired) electrons. The van der Waals surface area contributed by atoms with Crippen LogP contribution in [0.2, 0.25) is 0 Å². The molecule has 2 aliphatic heterocycles. The normalized spacial score (nSPS) is 27.2. The van der Waals surface area contributed by atoms with Gasteiger partial charge in [0.25, 0.3) is 0 Å². The number of ether oxygens (including phenoxy) is 2. The van der Waals surface area contributed by atoms with Crippen molar-refractivity contribution in [3.8, 4) is 0 Å². The van der Waals surface area contributed by atoms with Crippen molar-refractivity contribution in [1.82, 2.24) is 14.7 Å². The molecule has 0 aromatic carbocycles. The van der Waals surface area contributed by atoms with Gasteiger partial charge < -0.3 is 9.47 Å². The van der Waals surface area contributed by atoms with Gasteiger partial charge in [0.1, 0.15) is 0 Å². The third-order valence-corrected chi connectivity index (χ3v) is 5.93. The Bertz CT molecular complexity index is 506. The van der Waals surface area contributed by atoms with E-state index in [-0.39, 0.29) is 6.10 Å². The molecule has 24 heavy (non-hydrogen) atoms. The largest absolute Gasteiger partial charge is 0.381 e. The molecule has 1 aromatic rings. The first-order valence-electron chi connectivity index (χ1n) is 9.79. The molecule has 1 saturated carbocycles. The summed E-state index contributed by atoms with van der Waals surface area (Å²) in [6.45, 7) is 6.90. The van der Waals surface area contributed by atoms with Crippen LogP contribution in [0, 0.1) is 11.8 Å². The summed E-state index contributed by atoms with van der Waals surface area (Å²) in [6.07, 6.45) is 10.1. The van der Waals surface area contributed by atoms with Crippen LogP contribution in [-0.2, 0) is 22.6 Å². The lowest BCUT2D eigenvalue weighted by Gasteiger charge is -2.30. The maximum absolute atomic E-state index is 6.37. The summed E-state index contributed by atoms with van der Waals surface area (Å²) >= 11 is 0. The minimum Gasteiger partial charge on any atom is -0.381 e. The molecule has 3 aliphatic rings. The summed E-state index contributed by atoms with van der Waals surface area (Å²) in [6, 6.07) is 2.16. The molecule has 1 aromatic heterocycles. The summed E-state index contributed by atoms with van der Waals surface area (Å²) in [5.41, 5.74) is 1.33. The van der Waals surface area contributed by atoms with Gasteiger partial charge in [0.15, 0.2) is 0 Å². The van der Waals surface area contributed by atoms with E-state index in [0.29, 0.717) is 0 Å². The molecule has 5 heteroatoms. The van der Waals surface area contributed by atoms with Crippen molar-refractivity contribution >= 4 is 0 Å². The Morgan fingerprint density at radius 1 is 1.08 bits per heavy atom. The molecule has 5 nitrogen and oxygen atoms in total. The van der Waals surface area contributed by atoms with Crippen LogP contribution in [0.15, 0.2) is 12.3 Å². The van der Waals surface area contributed by atoms with Crippen LogP contribution in [0.3, 0.4) is 0 Å². The number of hydrogen-bond donors (Lipinski definition) is 0. The molecule has 3 heterocycles. The van der Waals surface area contributed by atoms with Gasteiger partial charge in [-0.3, -0.25) is 9.58 Å². The van der Waals surface area contributed by atoms with Crippen LogP contribution in [-0.4, -0.2) is 53.7 Å². The number of fused-ring (bicyclic) bond motifs is 1. The highest BCUT2D eigenvalue weighted by Crippen LogP contribution is 2.26. The first-order valence-corrected chi connectivity index (χ1v) is 9.79. The Balaban J connectivity index is 1.37. The molecular formula is C19H31N3O2. The lowest BCUT2D eigenvalue weighted by Crippen LogP contribution is -2.38. The molecule has 1 saturated heterocycles. The zero-order valence-electron chi connectivity index (χ0n) is 14.7. The Hall–Kier alpha value is -0.910. The van der Waals surface area contributed by atoms with E-state index in [1.807, 2.05) is 6.20 Å². The monoisotopic (exact) mass is 333 g/mol. The molecule has 1 atom stereocenters. The highest BCUT2D eigenvalue weighted by Gasteiger charge is 2.26. The van der Waals surface area contributed by atoms with Crippen molar-refractivity contribution in [3.05, 3.63) is 18.0 Å². The number of aromatic nitrogens is 2. The Kier molecular flexibility index (Phi) is 5.50. The smallest absolute Gasteiger partial charge is 0.0897 e. The Morgan fingerprint density at radius 3 is 2.75 bits per heavy atom. The van der Waals surface area contributed by atoms with E-state index < -0.39 is 0 Å². The molecule has 0 amide bonds. The van der Waals surface area contributed by atoms with Crippen LogP contribution in [0.5, 0.6) is 0 Å². The average Bonchev–Trinajstić information content (AvgIpc) is 3.23. The van der Waals surface area contributed by atoms with Gasteiger partial charge in [-0.15, -0.1) is 0 Å². The molecule has 4 rings (SSSR count). The highest BCUT2D eigenvalue weighted by molar-refractivity contribution is 5.02. The van der Waals surface area contributed by atoms with E-state index in [9.17, 15) is 0 Å². The van der Waals surface area contributed by atoms with Gasteiger partial charge >= 0.3 is 0 Å². The lowest BCUT2D eigenvalue weighted by atomic mass is 9.99. The van der Waals surface area contributed by atoms with Crippen molar-refractivity contribution in [2.24, 2.45) is 11.8 Å². The third kappa shape index (κ3) is 4.19. The summed E-state index contributed by atoms with van der Waals surface area (Å²) in [5.74, 6) is 1.55. The maximum Gasteiger partial charge on any atom is 0.0897 e. The topological polar surface area (TPSA) is 39.5 Å². The number of nitrogens with zero attached hydrogens (tertiary/aromatic N) is 3. The van der Waals surface area contributed by atoms with Gasteiger partial charge in [0.05, 0.1) is 18.3 Å². The maximum atomic E-state index is 6.37. The van der Waals surface area contributed by atoms with Crippen molar-refractivity contribution in [1.29, 1.82) is 0 Å². The summed E-state index contributed by atoms with van der Waals surface area (Å²) < 4.78 is 14.0. The van der Waals surface area contributed by atoms with Crippen LogP contribution in [0.25, 0.3) is 0 Å². The van der Waals surface area contributed by atoms with Gasteiger partial charge in [0, 0.05) is 45.7 Å². The molecule has 0 unspecified atom stereocenters. The second kappa shape index (κ2) is 7.98. The molecule has 134 valence electrons. The zero-order chi connectivity index (χ0) is 16.2. The number of hydrogen-bond acceptors (Lipinski definition) is 4. The molecule has 1 aliphatic carbocycles. The third-order valence-electron chi connectivity index (χ3n) is 5.93. The predicted octanol–water partition coefficient (Wildman–Crippen LogP) is 2.70. The van der Waals surface area contributed by atoms with E-state index in [2.05, 4.69) is 20.7 Å². The minimum absolute atomic E-state index is 0.270. The molecule has 0 spiro atoms. The quantitative estimate of drug-likeness (QED) is 0.830. The van der Waals surface area contributed by atoms with Crippen LogP contribution >= 0.6 is 0 Å². The first kappa shape index (κ1) is 16.6. The summed E-state index contributed by atoms with van der Waals surface area (Å²) in [7, 11) is 0. The molecule has 0 bridgehead atoms. The molecular weight excluding hydrogens is 302 g/mol. The van der Waals surface area contributed by atoms with Crippen molar-refractivity contribution in [2.75, 3.05) is 32.9 Å². The summed E-state index contributed by atoms with van der Waals surface area (Å²) in [5, 5.41) is 4.52. The SMILES string of the molecule is c1cc2n(n1)C[C@@H](OCC1CCCC1)CN(CC1CCOCC1)C2. The van der Waals surface area contributed by atoms with Gasteiger partial charge in [0.2, 0.25) is 0 Å². The minimum atomic E-state index is 0.270. The second-order valence-electron chi connectivity index (χ2n) is 7.86. The number of rotatable bonds is 5. The molecule has 0 N–H and O–H groups in total. The van der Waals surface area contributed by atoms with Crippen molar-refractivity contribution < 1.29 is 9.47 Å². The second-order valence-corrected chi connectivity index (χ2v) is 7.86. The van der Waals surface area contributed by atoms with Crippen LogP contribution in [0.1, 0.15) is 44.2 Å². The Morgan fingerprint density at radius 2 is 1.92 bits per heavy atom. The summed E-state index contributed by atoms with van der Waals surface area (Å²) in [4.78, 5) is 2.59. The lowest BCUT2D eigenvalue weighted by molar-refractivity contribution is -0.00614. The van der Waals surface area contributed by atoms with E-state index in [0.717, 1.165) is 57.8 Å². The van der Waals surface area contributed by atoms with Gasteiger partial charge in [-0.25, -0.2) is 0 Å². The van der Waals surface area contributed by atoms with Crippen molar-refractivity contribution in [2.45, 2.75) is 57.7 Å². The van der Waals surface area contributed by atoms with E-state index in [4.69, 9.17) is 9.47 Å². The highest BCUT2D eigenvalue weighted by atomic mass is 16.5. The van der Waals surface area contributed by atoms with Crippen molar-refractivity contribution in [3.63, 3.8) is 0 Å². The van der Waals surface area contributed by atoms with E-state index in [1.165, 1.54) is 44.2 Å². The van der Waals surface area contributed by atoms with Crippen LogP contribution in [0.4, 0.5) is 0 Å². The van der Waals surface area contributed by atoms with E-state index in [1.54, 1.807) is 0 Å².